The lowest BCUT2D eigenvalue weighted by atomic mass is 10.0. The first-order chi connectivity index (χ1) is 38.6. The predicted molar refractivity (Wildman–Crippen MR) is 336 cm³/mol. The van der Waals surface area contributed by atoms with Crippen LogP contribution in [0.2, 0.25) is 0 Å². The maximum Gasteiger partial charge on any atom is 0.361 e. The third-order valence-electron chi connectivity index (χ3n) is 13.8. The van der Waals surface area contributed by atoms with Crippen molar-refractivity contribution in [2.24, 2.45) is 0 Å². The zero-order chi connectivity index (χ0) is 57.6. The number of likely N-dealkylation sites (N-methyl/N-ethyl adjacent to an activating group) is 1. The average Bonchev–Trinajstić information content (AvgIpc) is 3.42. The number of hydrogen-bond acceptors (Lipinski definition) is 7. The first-order valence-corrected chi connectivity index (χ1v) is 32.4. The largest absolute Gasteiger partial charge is 0.477 e. The molecule has 0 aromatic heterocycles. The number of unbranched alkanes of at least 4 members (excludes halogenated alkanes) is 28. The summed E-state index contributed by atoms with van der Waals surface area (Å²) in [6.45, 7) is 4.76. The smallest absolute Gasteiger partial charge is 0.361 e. The van der Waals surface area contributed by atoms with Gasteiger partial charge in [0.2, 0.25) is 0 Å². The number of carboxylic acid groups (broad SMARTS) is 1. The molecule has 9 nitrogen and oxygen atoms in total. The van der Waals surface area contributed by atoms with Crippen molar-refractivity contribution in [3.8, 4) is 0 Å². The number of carboxylic acids is 1. The van der Waals surface area contributed by atoms with Crippen LogP contribution in [0.3, 0.4) is 0 Å². The Hall–Kier alpha value is -3.79. The minimum absolute atomic E-state index is 0.182. The number of allylic oxidation sites excluding steroid dienone is 16. The molecule has 9 heteroatoms. The van der Waals surface area contributed by atoms with Crippen molar-refractivity contribution in [1.29, 1.82) is 0 Å². The highest BCUT2D eigenvalue weighted by atomic mass is 16.7. The number of esters is 2. The van der Waals surface area contributed by atoms with Crippen LogP contribution in [-0.2, 0) is 33.3 Å². The molecule has 0 rings (SSSR count). The second kappa shape index (κ2) is 60.3. The van der Waals surface area contributed by atoms with Gasteiger partial charge in [-0.1, -0.05) is 259 Å². The molecule has 0 aliphatic heterocycles. The number of aliphatic carboxylic acids is 1. The molecule has 2 atom stereocenters. The van der Waals surface area contributed by atoms with Gasteiger partial charge >= 0.3 is 17.9 Å². The van der Waals surface area contributed by atoms with Gasteiger partial charge in [0.25, 0.3) is 6.29 Å². The fraction of sp³-hybridized carbons (Fsp3) is 0.729. The number of hydrogen-bond donors (Lipinski definition) is 1. The number of rotatable bonds is 59. The van der Waals surface area contributed by atoms with Crippen LogP contribution in [0.25, 0.3) is 0 Å². The molecular formula is C70H122NO8+. The Morgan fingerprint density at radius 1 is 0.392 bits per heavy atom. The molecule has 0 amide bonds. The van der Waals surface area contributed by atoms with E-state index in [-0.39, 0.29) is 32.2 Å². The molecule has 1 N–H and O–H groups in total. The molecule has 79 heavy (non-hydrogen) atoms. The van der Waals surface area contributed by atoms with Crippen molar-refractivity contribution in [2.75, 3.05) is 47.5 Å². The van der Waals surface area contributed by atoms with Crippen LogP contribution in [0.4, 0.5) is 0 Å². The van der Waals surface area contributed by atoms with E-state index < -0.39 is 24.3 Å². The first kappa shape index (κ1) is 75.2. The second-order valence-electron chi connectivity index (χ2n) is 22.7. The van der Waals surface area contributed by atoms with E-state index in [1.165, 1.54) is 148 Å². The summed E-state index contributed by atoms with van der Waals surface area (Å²) in [5, 5.41) is 9.73. The molecule has 0 fully saturated rings. The molecule has 0 aliphatic carbocycles. The molecular weight excluding hydrogens is 983 g/mol. The van der Waals surface area contributed by atoms with Crippen molar-refractivity contribution in [1.82, 2.24) is 0 Å². The Kier molecular flexibility index (Phi) is 57.4. The van der Waals surface area contributed by atoms with Gasteiger partial charge < -0.3 is 28.5 Å². The van der Waals surface area contributed by atoms with Gasteiger partial charge in [-0.05, 0) is 96.3 Å². The van der Waals surface area contributed by atoms with E-state index >= 15 is 0 Å². The Morgan fingerprint density at radius 2 is 0.722 bits per heavy atom. The third-order valence-corrected chi connectivity index (χ3v) is 13.8. The summed E-state index contributed by atoms with van der Waals surface area (Å²) in [5.74, 6) is -2.01. The molecule has 0 aromatic rings. The van der Waals surface area contributed by atoms with Gasteiger partial charge in [0.15, 0.2) is 6.10 Å². The van der Waals surface area contributed by atoms with E-state index in [1.807, 2.05) is 21.1 Å². The highest BCUT2D eigenvalue weighted by Crippen LogP contribution is 2.16. The molecule has 0 aliphatic rings. The van der Waals surface area contributed by atoms with Crippen molar-refractivity contribution < 1.29 is 42.9 Å². The standard InChI is InChI=1S/C70H121NO8/c1-6-8-10-12-14-16-18-20-22-24-26-28-30-32-33-34-35-37-38-40-42-44-46-48-50-52-54-56-58-60-67(72)77-64-66(65-78-70(69(74)75)76-63-62-71(3,4)5)79-68(73)61-59-57-55-53-51-49-47-45-43-41-39-36-31-29-27-25-23-21-19-17-15-13-11-9-7-2/h9,11,15,17-18,20-21,23-24,26-27,29-30,32,36,39,66,70H,6-8,10,12-14,16,19,22,25,28,31,33-35,37-38,40-65H2,1-5H3/p+1/b11-9-,17-15-,20-18-,23-21-,26-24-,29-27-,32-30-,39-36-. The highest BCUT2D eigenvalue weighted by Gasteiger charge is 2.25. The topological polar surface area (TPSA) is 108 Å². The lowest BCUT2D eigenvalue weighted by Gasteiger charge is -2.25. The number of ether oxygens (including phenoxy) is 4. The fourth-order valence-electron chi connectivity index (χ4n) is 8.87. The van der Waals surface area contributed by atoms with Crippen LogP contribution in [0.5, 0.6) is 0 Å². The van der Waals surface area contributed by atoms with Gasteiger partial charge in [-0.2, -0.15) is 0 Å². The molecule has 0 aromatic carbocycles. The summed E-state index contributed by atoms with van der Waals surface area (Å²) in [5.41, 5.74) is 0. The van der Waals surface area contributed by atoms with Gasteiger partial charge in [0.05, 0.1) is 34.4 Å². The zero-order valence-electron chi connectivity index (χ0n) is 51.8. The molecule has 454 valence electrons. The number of nitrogens with zero attached hydrogens (tertiary/aromatic N) is 1. The van der Waals surface area contributed by atoms with E-state index in [1.54, 1.807) is 0 Å². The number of quaternary nitrogens is 1. The Balaban J connectivity index is 4.19. The Labute approximate surface area is 486 Å². The SMILES string of the molecule is CC/C=C\C/C=C\C/C=C\C/C=C\C/C=C\CCCCCCCCCCCC(=O)OC(COC(=O)CCCCCCCCCCCCCCCC/C=C\C/C=C\C/C=C\CCCCCCC)COC(OCC[N+](C)(C)C)C(=O)O. The quantitative estimate of drug-likeness (QED) is 0.0211. The summed E-state index contributed by atoms with van der Waals surface area (Å²) < 4.78 is 22.9. The predicted octanol–water partition coefficient (Wildman–Crippen LogP) is 19.7. The van der Waals surface area contributed by atoms with Crippen molar-refractivity contribution in [2.45, 2.75) is 283 Å². The summed E-state index contributed by atoms with van der Waals surface area (Å²) in [6.07, 6.45) is 79.2. The molecule has 0 saturated heterocycles. The molecule has 2 unspecified atom stereocenters. The summed E-state index contributed by atoms with van der Waals surface area (Å²) >= 11 is 0. The van der Waals surface area contributed by atoms with Crippen LogP contribution in [0, 0.1) is 0 Å². The van der Waals surface area contributed by atoms with Gasteiger partial charge in [0, 0.05) is 12.8 Å². The fourth-order valence-corrected chi connectivity index (χ4v) is 8.87. The third kappa shape index (κ3) is 61.7. The molecule has 0 bridgehead atoms. The Bertz CT molecular complexity index is 1620. The Morgan fingerprint density at radius 3 is 1.08 bits per heavy atom. The van der Waals surface area contributed by atoms with Crippen LogP contribution in [-0.4, -0.2) is 87.4 Å². The van der Waals surface area contributed by atoms with Gasteiger partial charge in [-0.25, -0.2) is 4.79 Å². The lowest BCUT2D eigenvalue weighted by molar-refractivity contribution is -0.870. The van der Waals surface area contributed by atoms with Gasteiger partial charge in [-0.15, -0.1) is 0 Å². The molecule has 0 spiro atoms. The number of carbonyl (C=O) groups excluding carboxylic acids is 2. The normalized spacial score (nSPS) is 13.4. The minimum Gasteiger partial charge on any atom is -0.477 e. The van der Waals surface area contributed by atoms with E-state index in [4.69, 9.17) is 18.9 Å². The van der Waals surface area contributed by atoms with Gasteiger partial charge in [0.1, 0.15) is 13.2 Å². The van der Waals surface area contributed by atoms with Crippen molar-refractivity contribution >= 4 is 17.9 Å². The van der Waals surface area contributed by atoms with E-state index in [2.05, 4.69) is 111 Å². The maximum atomic E-state index is 12.9. The first-order valence-electron chi connectivity index (χ1n) is 32.4. The minimum atomic E-state index is -1.52. The zero-order valence-corrected chi connectivity index (χ0v) is 51.8. The maximum absolute atomic E-state index is 12.9. The molecule has 0 radical (unpaired) electrons. The van der Waals surface area contributed by atoms with Crippen molar-refractivity contribution in [3.05, 3.63) is 97.2 Å². The van der Waals surface area contributed by atoms with Crippen LogP contribution < -0.4 is 0 Å². The van der Waals surface area contributed by atoms with Crippen LogP contribution >= 0.6 is 0 Å². The van der Waals surface area contributed by atoms with E-state index in [0.717, 1.165) is 89.9 Å². The monoisotopic (exact) mass is 1100 g/mol. The molecule has 0 heterocycles. The van der Waals surface area contributed by atoms with Crippen LogP contribution in [0.15, 0.2) is 97.2 Å². The number of carbonyl (C=O) groups is 3. The van der Waals surface area contributed by atoms with E-state index in [9.17, 15) is 19.5 Å². The van der Waals surface area contributed by atoms with Crippen molar-refractivity contribution in [3.63, 3.8) is 0 Å². The average molecular weight is 1110 g/mol. The molecule has 0 saturated carbocycles. The summed E-state index contributed by atoms with van der Waals surface area (Å²) in [4.78, 5) is 37.6. The second-order valence-corrected chi connectivity index (χ2v) is 22.7. The summed E-state index contributed by atoms with van der Waals surface area (Å²) in [6, 6.07) is 0. The highest BCUT2D eigenvalue weighted by molar-refractivity contribution is 5.71. The summed E-state index contributed by atoms with van der Waals surface area (Å²) in [7, 11) is 5.97. The van der Waals surface area contributed by atoms with Gasteiger partial charge in [-0.3, -0.25) is 9.59 Å². The van der Waals surface area contributed by atoms with Crippen LogP contribution in [0.1, 0.15) is 271 Å². The lowest BCUT2D eigenvalue weighted by Crippen LogP contribution is -2.40. The van der Waals surface area contributed by atoms with E-state index in [0.29, 0.717) is 23.9 Å².